The number of fused-ring (bicyclic) bond motifs is 1. The summed E-state index contributed by atoms with van der Waals surface area (Å²) in [5.41, 5.74) is 2.69. The number of rotatable bonds is 2. The van der Waals surface area contributed by atoms with Gasteiger partial charge in [-0.1, -0.05) is 24.3 Å². The number of nitrogens with one attached hydrogen (secondary N) is 1. The van der Waals surface area contributed by atoms with Gasteiger partial charge >= 0.3 is 0 Å². The second-order valence-electron chi connectivity index (χ2n) is 6.43. The van der Waals surface area contributed by atoms with Gasteiger partial charge in [-0.3, -0.25) is 4.79 Å². The standard InChI is InChI=1S/C17H24N2O2/c1-13-9-18(10-14(2)21-13)12-17(20)19-8-7-15-5-3-4-6-16(15)11-19/h3-6,13-14H,7-12H2,1-2H3/p+1/t13-,14-/m1/s1. The smallest absolute Gasteiger partial charge is 0.278 e. The van der Waals surface area contributed by atoms with Gasteiger partial charge in [0.1, 0.15) is 25.3 Å². The largest absolute Gasteiger partial charge is 0.364 e. The number of carbonyl (C=O) groups is 1. The van der Waals surface area contributed by atoms with Crippen LogP contribution in [-0.2, 0) is 22.5 Å². The average molecular weight is 289 g/mol. The van der Waals surface area contributed by atoms with Crippen LogP contribution in [0.1, 0.15) is 25.0 Å². The van der Waals surface area contributed by atoms with Gasteiger partial charge in [-0.15, -0.1) is 0 Å². The number of amides is 1. The minimum atomic E-state index is 0.249. The van der Waals surface area contributed by atoms with Crippen LogP contribution in [0.5, 0.6) is 0 Å². The number of nitrogens with zero attached hydrogens (tertiary/aromatic N) is 1. The molecule has 21 heavy (non-hydrogen) atoms. The maximum absolute atomic E-state index is 12.6. The summed E-state index contributed by atoms with van der Waals surface area (Å²) >= 11 is 0. The molecule has 4 heteroatoms. The van der Waals surface area contributed by atoms with Gasteiger partial charge < -0.3 is 14.5 Å². The minimum absolute atomic E-state index is 0.249. The molecule has 0 aromatic heterocycles. The molecule has 0 spiro atoms. The maximum Gasteiger partial charge on any atom is 0.278 e. The van der Waals surface area contributed by atoms with E-state index in [1.165, 1.54) is 16.0 Å². The molecule has 1 aromatic rings. The van der Waals surface area contributed by atoms with Crippen LogP contribution in [-0.4, -0.2) is 49.2 Å². The number of hydrogen-bond acceptors (Lipinski definition) is 2. The molecule has 0 bridgehead atoms. The zero-order chi connectivity index (χ0) is 14.8. The third kappa shape index (κ3) is 3.44. The van der Waals surface area contributed by atoms with Crippen LogP contribution in [0.15, 0.2) is 24.3 Å². The lowest BCUT2D eigenvalue weighted by Gasteiger charge is -2.34. The van der Waals surface area contributed by atoms with Crippen molar-refractivity contribution < 1.29 is 14.4 Å². The molecule has 1 fully saturated rings. The lowest BCUT2D eigenvalue weighted by molar-refractivity contribution is -0.907. The molecule has 2 heterocycles. The molecule has 2 atom stereocenters. The molecule has 2 aliphatic heterocycles. The lowest BCUT2D eigenvalue weighted by Crippen LogP contribution is -3.16. The van der Waals surface area contributed by atoms with E-state index in [9.17, 15) is 4.79 Å². The number of carbonyl (C=O) groups excluding carboxylic acids is 1. The molecule has 1 amide bonds. The van der Waals surface area contributed by atoms with E-state index in [0.29, 0.717) is 6.54 Å². The van der Waals surface area contributed by atoms with Gasteiger partial charge in [0.05, 0.1) is 0 Å². The fourth-order valence-electron chi connectivity index (χ4n) is 3.57. The maximum atomic E-state index is 12.6. The summed E-state index contributed by atoms with van der Waals surface area (Å²) in [6.07, 6.45) is 1.48. The second-order valence-corrected chi connectivity index (χ2v) is 6.43. The predicted molar refractivity (Wildman–Crippen MR) is 81.1 cm³/mol. The minimum Gasteiger partial charge on any atom is -0.364 e. The Kier molecular flexibility index (Phi) is 4.27. The van der Waals surface area contributed by atoms with Crippen LogP contribution in [0.4, 0.5) is 0 Å². The highest BCUT2D eigenvalue weighted by molar-refractivity contribution is 5.77. The third-order valence-corrected chi connectivity index (χ3v) is 4.50. The average Bonchev–Trinajstić information content (AvgIpc) is 2.45. The first kappa shape index (κ1) is 14.5. The Labute approximate surface area is 126 Å². The Hall–Kier alpha value is -1.39. The van der Waals surface area contributed by atoms with Crippen molar-refractivity contribution in [2.24, 2.45) is 0 Å². The molecule has 3 rings (SSSR count). The van der Waals surface area contributed by atoms with Gasteiger partial charge in [0.2, 0.25) is 0 Å². The van der Waals surface area contributed by atoms with E-state index in [1.54, 1.807) is 0 Å². The Balaban J connectivity index is 1.59. The molecule has 0 aliphatic carbocycles. The monoisotopic (exact) mass is 289 g/mol. The van der Waals surface area contributed by atoms with Crippen molar-refractivity contribution in [2.75, 3.05) is 26.2 Å². The molecule has 0 saturated carbocycles. The Morgan fingerprint density at radius 1 is 1.24 bits per heavy atom. The molecule has 1 aromatic carbocycles. The SMILES string of the molecule is C[C@@H]1C[NH+](CC(=O)N2CCc3ccccc3C2)C[C@@H](C)O1. The van der Waals surface area contributed by atoms with Gasteiger partial charge in [-0.2, -0.15) is 0 Å². The number of ether oxygens (including phenoxy) is 1. The Bertz CT molecular complexity index is 507. The zero-order valence-electron chi connectivity index (χ0n) is 13.0. The highest BCUT2D eigenvalue weighted by Crippen LogP contribution is 2.18. The van der Waals surface area contributed by atoms with Gasteiger partial charge in [-0.05, 0) is 31.4 Å². The molecule has 1 saturated heterocycles. The first-order valence-corrected chi connectivity index (χ1v) is 7.95. The third-order valence-electron chi connectivity index (χ3n) is 4.50. The van der Waals surface area contributed by atoms with Gasteiger partial charge in [0, 0.05) is 13.1 Å². The van der Waals surface area contributed by atoms with E-state index in [2.05, 4.69) is 38.1 Å². The number of benzene rings is 1. The van der Waals surface area contributed by atoms with Crippen LogP contribution in [0.2, 0.25) is 0 Å². The highest BCUT2D eigenvalue weighted by atomic mass is 16.5. The molecule has 0 unspecified atom stereocenters. The van der Waals surface area contributed by atoms with Crippen LogP contribution in [0.3, 0.4) is 0 Å². The van der Waals surface area contributed by atoms with E-state index in [0.717, 1.165) is 32.6 Å². The molecule has 4 nitrogen and oxygen atoms in total. The van der Waals surface area contributed by atoms with Crippen LogP contribution in [0, 0.1) is 0 Å². The first-order valence-electron chi connectivity index (χ1n) is 7.95. The zero-order valence-corrected chi connectivity index (χ0v) is 13.0. The summed E-state index contributed by atoms with van der Waals surface area (Å²) in [5, 5.41) is 0. The summed E-state index contributed by atoms with van der Waals surface area (Å²) in [7, 11) is 0. The van der Waals surface area contributed by atoms with E-state index in [-0.39, 0.29) is 18.1 Å². The van der Waals surface area contributed by atoms with Gasteiger partial charge in [0.15, 0.2) is 6.54 Å². The fraction of sp³-hybridized carbons (Fsp3) is 0.588. The van der Waals surface area contributed by atoms with Gasteiger partial charge in [0.25, 0.3) is 5.91 Å². The summed E-state index contributed by atoms with van der Waals surface area (Å²) in [4.78, 5) is 15.9. The predicted octanol–water partition coefficient (Wildman–Crippen LogP) is 0.263. The van der Waals surface area contributed by atoms with Crippen molar-refractivity contribution in [2.45, 2.75) is 39.0 Å². The van der Waals surface area contributed by atoms with E-state index in [1.807, 2.05) is 4.90 Å². The quantitative estimate of drug-likeness (QED) is 0.848. The van der Waals surface area contributed by atoms with Gasteiger partial charge in [-0.25, -0.2) is 0 Å². The number of quaternary nitrogens is 1. The van der Waals surface area contributed by atoms with Crippen molar-refractivity contribution in [3.63, 3.8) is 0 Å². The molecular weight excluding hydrogens is 264 g/mol. The Morgan fingerprint density at radius 2 is 1.90 bits per heavy atom. The normalized spacial score (nSPS) is 29.0. The van der Waals surface area contributed by atoms with Crippen molar-refractivity contribution in [1.82, 2.24) is 4.90 Å². The second kappa shape index (κ2) is 6.16. The topological polar surface area (TPSA) is 34.0 Å². The Morgan fingerprint density at radius 3 is 2.62 bits per heavy atom. The van der Waals surface area contributed by atoms with Crippen molar-refractivity contribution in [3.8, 4) is 0 Å². The fourth-order valence-corrected chi connectivity index (χ4v) is 3.57. The summed E-state index contributed by atoms with van der Waals surface area (Å²) in [6.45, 7) is 8.27. The summed E-state index contributed by atoms with van der Waals surface area (Å²) in [5.74, 6) is 0.279. The molecule has 2 aliphatic rings. The molecule has 1 N–H and O–H groups in total. The first-order chi connectivity index (χ1) is 10.1. The van der Waals surface area contributed by atoms with E-state index < -0.39 is 0 Å². The van der Waals surface area contributed by atoms with E-state index in [4.69, 9.17) is 4.74 Å². The lowest BCUT2D eigenvalue weighted by atomic mass is 10.00. The van der Waals surface area contributed by atoms with Crippen molar-refractivity contribution >= 4 is 5.91 Å². The highest BCUT2D eigenvalue weighted by Gasteiger charge is 2.29. The van der Waals surface area contributed by atoms with Crippen molar-refractivity contribution in [3.05, 3.63) is 35.4 Å². The number of hydrogen-bond donors (Lipinski definition) is 1. The van der Waals surface area contributed by atoms with Crippen LogP contribution >= 0.6 is 0 Å². The molecular formula is C17H25N2O2+. The van der Waals surface area contributed by atoms with Crippen LogP contribution in [0.25, 0.3) is 0 Å². The molecule has 0 radical (unpaired) electrons. The summed E-state index contributed by atoms with van der Waals surface area (Å²) in [6, 6.07) is 8.45. The summed E-state index contributed by atoms with van der Waals surface area (Å²) < 4.78 is 5.74. The van der Waals surface area contributed by atoms with Crippen LogP contribution < -0.4 is 4.90 Å². The molecule has 114 valence electrons. The van der Waals surface area contributed by atoms with E-state index >= 15 is 0 Å². The van der Waals surface area contributed by atoms with Crippen molar-refractivity contribution in [1.29, 1.82) is 0 Å². The number of morpholine rings is 1.